The standard InChI is InChI=1S/C24H19ClFNO2S/c1-24(16-8-3-2-4-9-16,14-22-27-20-12-5-6-13-21(20)30-22)23(28)29-15-17-18(25)10-7-11-19(17)26/h2-13H,14-15H2,1H3. The van der Waals surface area contributed by atoms with Crippen LogP contribution in [0.3, 0.4) is 0 Å². The molecule has 0 amide bonds. The van der Waals surface area contributed by atoms with Gasteiger partial charge in [-0.2, -0.15) is 0 Å². The lowest BCUT2D eigenvalue weighted by molar-refractivity contribution is -0.151. The Bertz CT molecular complexity index is 1140. The molecule has 1 unspecified atom stereocenters. The Hall–Kier alpha value is -2.76. The third-order valence-electron chi connectivity index (χ3n) is 5.11. The maximum atomic E-state index is 14.1. The molecule has 1 heterocycles. The number of benzene rings is 3. The SMILES string of the molecule is CC(Cc1nc2ccccc2s1)(C(=O)OCc1c(F)cccc1Cl)c1ccccc1. The number of rotatable bonds is 6. The first-order valence-corrected chi connectivity index (χ1v) is 10.7. The Balaban J connectivity index is 1.64. The van der Waals surface area contributed by atoms with Gasteiger partial charge in [-0.3, -0.25) is 4.79 Å². The van der Waals surface area contributed by atoms with Gasteiger partial charge in [0.1, 0.15) is 12.4 Å². The van der Waals surface area contributed by atoms with Crippen molar-refractivity contribution < 1.29 is 13.9 Å². The normalized spacial score (nSPS) is 13.2. The molecule has 3 aromatic carbocycles. The molecule has 30 heavy (non-hydrogen) atoms. The fourth-order valence-corrected chi connectivity index (χ4v) is 4.70. The molecule has 0 fully saturated rings. The van der Waals surface area contributed by atoms with Gasteiger partial charge < -0.3 is 4.74 Å². The third-order valence-corrected chi connectivity index (χ3v) is 6.50. The molecule has 0 aliphatic heterocycles. The number of hydrogen-bond acceptors (Lipinski definition) is 4. The van der Waals surface area contributed by atoms with Crippen LogP contribution >= 0.6 is 22.9 Å². The van der Waals surface area contributed by atoms with Crippen LogP contribution in [0.5, 0.6) is 0 Å². The van der Waals surface area contributed by atoms with Crippen LogP contribution in [0.1, 0.15) is 23.1 Å². The van der Waals surface area contributed by atoms with E-state index in [2.05, 4.69) is 4.98 Å². The lowest BCUT2D eigenvalue weighted by Gasteiger charge is -2.27. The van der Waals surface area contributed by atoms with Crippen molar-refractivity contribution in [2.45, 2.75) is 25.4 Å². The highest BCUT2D eigenvalue weighted by Crippen LogP contribution is 2.33. The van der Waals surface area contributed by atoms with Crippen molar-refractivity contribution in [1.82, 2.24) is 4.98 Å². The molecule has 4 aromatic rings. The highest BCUT2D eigenvalue weighted by Gasteiger charge is 2.38. The van der Waals surface area contributed by atoms with E-state index in [0.29, 0.717) is 6.42 Å². The summed E-state index contributed by atoms with van der Waals surface area (Å²) in [6.07, 6.45) is 0.375. The number of nitrogens with zero attached hydrogens (tertiary/aromatic N) is 1. The maximum absolute atomic E-state index is 14.1. The first-order valence-electron chi connectivity index (χ1n) is 9.47. The van der Waals surface area contributed by atoms with Crippen molar-refractivity contribution in [3.05, 3.63) is 99.8 Å². The van der Waals surface area contributed by atoms with Crippen LogP contribution in [0, 0.1) is 5.82 Å². The van der Waals surface area contributed by atoms with Crippen molar-refractivity contribution in [1.29, 1.82) is 0 Å². The average molecular weight is 440 g/mol. The molecule has 0 saturated carbocycles. The summed E-state index contributed by atoms with van der Waals surface area (Å²) in [7, 11) is 0. The van der Waals surface area contributed by atoms with E-state index in [4.69, 9.17) is 16.3 Å². The molecule has 6 heteroatoms. The van der Waals surface area contributed by atoms with E-state index < -0.39 is 17.2 Å². The number of para-hydroxylation sites is 1. The number of aromatic nitrogens is 1. The molecule has 3 nitrogen and oxygen atoms in total. The van der Waals surface area contributed by atoms with E-state index in [1.165, 1.54) is 12.1 Å². The number of carbonyl (C=O) groups excluding carboxylic acids is 1. The summed E-state index contributed by atoms with van der Waals surface area (Å²) in [5.74, 6) is -0.949. The number of carbonyl (C=O) groups is 1. The first-order chi connectivity index (χ1) is 14.5. The van der Waals surface area contributed by atoms with Gasteiger partial charge in [-0.05, 0) is 36.8 Å². The lowest BCUT2D eigenvalue weighted by Crippen LogP contribution is -2.36. The maximum Gasteiger partial charge on any atom is 0.317 e. The van der Waals surface area contributed by atoms with Crippen LogP contribution in [-0.2, 0) is 28.0 Å². The van der Waals surface area contributed by atoms with Crippen LogP contribution in [0.25, 0.3) is 10.2 Å². The Kier molecular flexibility index (Phi) is 5.84. The van der Waals surface area contributed by atoms with Gasteiger partial charge in [0.05, 0.1) is 25.7 Å². The van der Waals surface area contributed by atoms with E-state index in [1.54, 1.807) is 17.4 Å². The lowest BCUT2D eigenvalue weighted by atomic mass is 9.79. The molecule has 0 aliphatic rings. The summed E-state index contributed by atoms with van der Waals surface area (Å²) in [6.45, 7) is 1.60. The number of halogens is 2. The van der Waals surface area contributed by atoms with Gasteiger partial charge in [0.25, 0.3) is 0 Å². The van der Waals surface area contributed by atoms with Crippen molar-refractivity contribution in [2.75, 3.05) is 0 Å². The number of hydrogen-bond donors (Lipinski definition) is 0. The fraction of sp³-hybridized carbons (Fsp3) is 0.167. The Morgan fingerprint density at radius 3 is 2.53 bits per heavy atom. The molecule has 0 N–H and O–H groups in total. The van der Waals surface area contributed by atoms with E-state index in [0.717, 1.165) is 20.8 Å². The number of fused-ring (bicyclic) bond motifs is 1. The average Bonchev–Trinajstić information content (AvgIpc) is 3.16. The molecule has 1 atom stereocenters. The van der Waals surface area contributed by atoms with Gasteiger partial charge in [-0.1, -0.05) is 60.1 Å². The Morgan fingerprint density at radius 2 is 1.80 bits per heavy atom. The number of thiazole rings is 1. The molecule has 152 valence electrons. The topological polar surface area (TPSA) is 39.2 Å². The third kappa shape index (κ3) is 4.09. The summed E-state index contributed by atoms with van der Waals surface area (Å²) in [5, 5.41) is 1.07. The second kappa shape index (κ2) is 8.54. The van der Waals surface area contributed by atoms with Gasteiger partial charge in [0.15, 0.2) is 0 Å². The van der Waals surface area contributed by atoms with Crippen LogP contribution in [0.15, 0.2) is 72.8 Å². The Labute approximate surface area is 183 Å². The van der Waals surface area contributed by atoms with Crippen LogP contribution in [-0.4, -0.2) is 11.0 Å². The molecule has 0 bridgehead atoms. The first kappa shape index (κ1) is 20.5. The largest absolute Gasteiger partial charge is 0.460 e. The molecule has 0 saturated heterocycles. The number of ether oxygens (including phenoxy) is 1. The highest BCUT2D eigenvalue weighted by atomic mass is 35.5. The summed E-state index contributed by atoms with van der Waals surface area (Å²) in [6, 6.07) is 21.7. The molecule has 0 spiro atoms. The Morgan fingerprint density at radius 1 is 1.07 bits per heavy atom. The van der Waals surface area contributed by atoms with Crippen molar-refractivity contribution in [2.24, 2.45) is 0 Å². The molecule has 0 aliphatic carbocycles. The van der Waals surface area contributed by atoms with E-state index in [1.807, 2.05) is 61.5 Å². The minimum atomic E-state index is -0.979. The van der Waals surface area contributed by atoms with E-state index in [9.17, 15) is 9.18 Å². The summed E-state index contributed by atoms with van der Waals surface area (Å²) < 4.78 is 20.7. The second-order valence-corrected chi connectivity index (χ2v) is 8.75. The zero-order chi connectivity index (χ0) is 21.1. The van der Waals surface area contributed by atoms with Crippen molar-refractivity contribution >= 4 is 39.1 Å². The van der Waals surface area contributed by atoms with Crippen LogP contribution in [0.2, 0.25) is 5.02 Å². The smallest absolute Gasteiger partial charge is 0.317 e. The fourth-order valence-electron chi connectivity index (χ4n) is 3.36. The molecule has 1 aromatic heterocycles. The van der Waals surface area contributed by atoms with E-state index in [-0.39, 0.29) is 17.2 Å². The summed E-state index contributed by atoms with van der Waals surface area (Å²) in [5.41, 5.74) is 0.906. The zero-order valence-corrected chi connectivity index (χ0v) is 17.8. The summed E-state index contributed by atoms with van der Waals surface area (Å²) in [4.78, 5) is 18.0. The van der Waals surface area contributed by atoms with Gasteiger partial charge in [0, 0.05) is 12.0 Å². The minimum absolute atomic E-state index is 0.169. The highest BCUT2D eigenvalue weighted by molar-refractivity contribution is 7.18. The monoisotopic (exact) mass is 439 g/mol. The molecular formula is C24H19ClFNO2S. The van der Waals surface area contributed by atoms with Crippen molar-refractivity contribution in [3.8, 4) is 0 Å². The molecular weight excluding hydrogens is 421 g/mol. The quantitative estimate of drug-likeness (QED) is 0.329. The molecule has 4 rings (SSSR count). The van der Waals surface area contributed by atoms with Gasteiger partial charge in [-0.25, -0.2) is 9.37 Å². The van der Waals surface area contributed by atoms with Crippen LogP contribution in [0.4, 0.5) is 4.39 Å². The molecule has 0 radical (unpaired) electrons. The second-order valence-electron chi connectivity index (χ2n) is 7.23. The van der Waals surface area contributed by atoms with Gasteiger partial charge in [0.2, 0.25) is 0 Å². The number of esters is 1. The van der Waals surface area contributed by atoms with Crippen LogP contribution < -0.4 is 0 Å². The van der Waals surface area contributed by atoms with Crippen molar-refractivity contribution in [3.63, 3.8) is 0 Å². The van der Waals surface area contributed by atoms with Gasteiger partial charge in [-0.15, -0.1) is 11.3 Å². The van der Waals surface area contributed by atoms with E-state index >= 15 is 0 Å². The summed E-state index contributed by atoms with van der Waals surface area (Å²) >= 11 is 7.64. The zero-order valence-electron chi connectivity index (χ0n) is 16.3. The minimum Gasteiger partial charge on any atom is -0.460 e. The van der Waals surface area contributed by atoms with Gasteiger partial charge >= 0.3 is 5.97 Å². The predicted molar refractivity (Wildman–Crippen MR) is 118 cm³/mol. The predicted octanol–water partition coefficient (Wildman–Crippen LogP) is 6.33.